The smallest absolute Gasteiger partial charge is 0.258 e. The van der Waals surface area contributed by atoms with Crippen LogP contribution >= 0.6 is 0 Å². The second-order valence-corrected chi connectivity index (χ2v) is 6.19. The predicted octanol–water partition coefficient (Wildman–Crippen LogP) is 1.82. The number of nitrogens with one attached hydrogen (secondary N) is 1. The van der Waals surface area contributed by atoms with Gasteiger partial charge in [0, 0.05) is 26.0 Å². The highest BCUT2D eigenvalue weighted by Gasteiger charge is 2.37. The summed E-state index contributed by atoms with van der Waals surface area (Å²) in [6, 6.07) is 1.30. The molecule has 0 fully saturated rings. The van der Waals surface area contributed by atoms with E-state index in [1.54, 1.807) is 35.2 Å². The first-order valence-electron chi connectivity index (χ1n) is 8.04. The molecule has 1 aliphatic heterocycles. The maximum absolute atomic E-state index is 13.0. The van der Waals surface area contributed by atoms with Crippen molar-refractivity contribution in [3.63, 3.8) is 0 Å². The Morgan fingerprint density at radius 3 is 2.92 bits per heavy atom. The maximum Gasteiger partial charge on any atom is 0.258 e. The van der Waals surface area contributed by atoms with Crippen LogP contribution in [0.4, 0.5) is 5.69 Å². The SMILES string of the molecule is CC[C@H](C)[C@H]1C(=O)Nc2cnccc2CN1C(=O)c1cnn(C)c1. The summed E-state index contributed by atoms with van der Waals surface area (Å²) >= 11 is 0. The number of nitrogens with zero attached hydrogens (tertiary/aromatic N) is 4. The summed E-state index contributed by atoms with van der Waals surface area (Å²) in [6.45, 7) is 4.37. The summed E-state index contributed by atoms with van der Waals surface area (Å²) in [4.78, 5) is 31.5. The summed E-state index contributed by atoms with van der Waals surface area (Å²) in [7, 11) is 1.76. The van der Waals surface area contributed by atoms with Gasteiger partial charge in [-0.3, -0.25) is 19.3 Å². The molecule has 0 bridgehead atoms. The van der Waals surface area contributed by atoms with Crippen LogP contribution in [0.1, 0.15) is 36.2 Å². The van der Waals surface area contributed by atoms with Crippen molar-refractivity contribution < 1.29 is 9.59 Å². The van der Waals surface area contributed by atoms with Crippen molar-refractivity contribution in [1.29, 1.82) is 0 Å². The van der Waals surface area contributed by atoms with Crippen molar-refractivity contribution >= 4 is 17.5 Å². The van der Waals surface area contributed by atoms with Crippen molar-refractivity contribution in [3.8, 4) is 0 Å². The molecule has 2 atom stereocenters. The molecule has 1 aliphatic rings. The number of carbonyl (C=O) groups is 2. The largest absolute Gasteiger partial charge is 0.323 e. The number of pyridine rings is 1. The molecule has 2 amide bonds. The summed E-state index contributed by atoms with van der Waals surface area (Å²) in [5.74, 6) is -0.325. The Kier molecular flexibility index (Phi) is 4.33. The third kappa shape index (κ3) is 2.89. The van der Waals surface area contributed by atoms with E-state index in [4.69, 9.17) is 0 Å². The van der Waals surface area contributed by atoms with Gasteiger partial charge < -0.3 is 10.2 Å². The van der Waals surface area contributed by atoms with Crippen molar-refractivity contribution in [2.24, 2.45) is 13.0 Å². The van der Waals surface area contributed by atoms with Gasteiger partial charge in [-0.1, -0.05) is 20.3 Å². The molecule has 24 heavy (non-hydrogen) atoms. The Morgan fingerprint density at radius 2 is 2.25 bits per heavy atom. The van der Waals surface area contributed by atoms with Crippen LogP contribution < -0.4 is 5.32 Å². The Balaban J connectivity index is 2.03. The van der Waals surface area contributed by atoms with Gasteiger partial charge in [0.25, 0.3) is 5.91 Å². The zero-order chi connectivity index (χ0) is 17.3. The summed E-state index contributed by atoms with van der Waals surface area (Å²) in [5, 5.41) is 6.98. The van der Waals surface area contributed by atoms with Crippen LogP contribution in [0.5, 0.6) is 0 Å². The van der Waals surface area contributed by atoms with Crippen molar-refractivity contribution in [2.45, 2.75) is 32.9 Å². The molecule has 3 rings (SSSR count). The van der Waals surface area contributed by atoms with E-state index in [0.29, 0.717) is 17.8 Å². The van der Waals surface area contributed by atoms with E-state index in [1.165, 1.54) is 6.20 Å². The molecule has 2 aromatic rings. The van der Waals surface area contributed by atoms with Crippen molar-refractivity contribution in [3.05, 3.63) is 42.0 Å². The Labute approximate surface area is 140 Å². The number of aromatic nitrogens is 3. The van der Waals surface area contributed by atoms with Crippen LogP contribution in [0.15, 0.2) is 30.9 Å². The Bertz CT molecular complexity index is 770. The molecule has 0 saturated carbocycles. The minimum atomic E-state index is -0.532. The fraction of sp³-hybridized carbons (Fsp3) is 0.412. The standard InChI is InChI=1S/C17H21N5O2/c1-4-11(2)15-16(23)20-14-8-18-6-5-12(14)10-22(15)17(24)13-7-19-21(3)9-13/h5-9,11,15H,4,10H2,1-3H3,(H,20,23)/t11-,15-/m0/s1. The Morgan fingerprint density at radius 1 is 1.46 bits per heavy atom. The van der Waals surface area contributed by atoms with Gasteiger partial charge in [0.05, 0.1) is 23.6 Å². The first-order chi connectivity index (χ1) is 11.5. The zero-order valence-electron chi connectivity index (χ0n) is 14.1. The molecular weight excluding hydrogens is 306 g/mol. The van der Waals surface area contributed by atoms with Gasteiger partial charge in [0.1, 0.15) is 6.04 Å². The summed E-state index contributed by atoms with van der Waals surface area (Å²) in [5.41, 5.74) is 2.02. The normalized spacial score (nSPS) is 18.5. The number of hydrogen-bond donors (Lipinski definition) is 1. The van der Waals surface area contributed by atoms with E-state index in [9.17, 15) is 9.59 Å². The molecule has 0 unspecified atom stereocenters. The van der Waals surface area contributed by atoms with Gasteiger partial charge in [-0.05, 0) is 17.5 Å². The van der Waals surface area contributed by atoms with E-state index in [0.717, 1.165) is 12.0 Å². The van der Waals surface area contributed by atoms with Crippen LogP contribution in [-0.4, -0.2) is 37.5 Å². The summed E-state index contributed by atoms with van der Waals surface area (Å²) < 4.78 is 1.58. The van der Waals surface area contributed by atoms with Gasteiger partial charge >= 0.3 is 0 Å². The highest BCUT2D eigenvalue weighted by molar-refractivity contribution is 6.02. The van der Waals surface area contributed by atoms with Crippen LogP contribution in [0, 0.1) is 5.92 Å². The average molecular weight is 327 g/mol. The topological polar surface area (TPSA) is 80.1 Å². The highest BCUT2D eigenvalue weighted by atomic mass is 16.2. The number of anilines is 1. The molecule has 1 N–H and O–H groups in total. The lowest BCUT2D eigenvalue weighted by Crippen LogP contribution is -2.48. The lowest BCUT2D eigenvalue weighted by atomic mass is 9.96. The van der Waals surface area contributed by atoms with E-state index in [2.05, 4.69) is 15.4 Å². The third-order valence-corrected chi connectivity index (χ3v) is 4.51. The monoisotopic (exact) mass is 327 g/mol. The second kappa shape index (κ2) is 6.43. The molecular formula is C17H21N5O2. The van der Waals surface area contributed by atoms with Gasteiger partial charge in [0.2, 0.25) is 5.91 Å². The Hall–Kier alpha value is -2.70. The van der Waals surface area contributed by atoms with Crippen LogP contribution in [0.3, 0.4) is 0 Å². The molecule has 3 heterocycles. The number of amides is 2. The molecule has 0 radical (unpaired) electrons. The van der Waals surface area contributed by atoms with Gasteiger partial charge in [-0.15, -0.1) is 0 Å². The van der Waals surface area contributed by atoms with E-state index in [-0.39, 0.29) is 17.7 Å². The lowest BCUT2D eigenvalue weighted by molar-refractivity contribution is -0.122. The number of rotatable bonds is 3. The molecule has 2 aromatic heterocycles. The predicted molar refractivity (Wildman–Crippen MR) is 89.2 cm³/mol. The number of fused-ring (bicyclic) bond motifs is 1. The molecule has 0 saturated heterocycles. The van der Waals surface area contributed by atoms with Crippen molar-refractivity contribution in [1.82, 2.24) is 19.7 Å². The van der Waals surface area contributed by atoms with E-state index in [1.807, 2.05) is 19.9 Å². The maximum atomic E-state index is 13.0. The van der Waals surface area contributed by atoms with Crippen LogP contribution in [0.25, 0.3) is 0 Å². The fourth-order valence-corrected chi connectivity index (χ4v) is 2.99. The van der Waals surface area contributed by atoms with E-state index < -0.39 is 6.04 Å². The molecule has 0 spiro atoms. The molecule has 0 aromatic carbocycles. The molecule has 7 heteroatoms. The molecule has 7 nitrogen and oxygen atoms in total. The fourth-order valence-electron chi connectivity index (χ4n) is 2.99. The third-order valence-electron chi connectivity index (χ3n) is 4.51. The van der Waals surface area contributed by atoms with Crippen molar-refractivity contribution in [2.75, 3.05) is 5.32 Å². The number of aryl methyl sites for hydroxylation is 1. The second-order valence-electron chi connectivity index (χ2n) is 6.19. The van der Waals surface area contributed by atoms with Crippen LogP contribution in [-0.2, 0) is 18.4 Å². The number of hydrogen-bond acceptors (Lipinski definition) is 4. The quantitative estimate of drug-likeness (QED) is 0.932. The molecule has 0 aliphatic carbocycles. The minimum absolute atomic E-state index is 0.0351. The summed E-state index contributed by atoms with van der Waals surface area (Å²) in [6.07, 6.45) is 7.29. The van der Waals surface area contributed by atoms with Gasteiger partial charge in [-0.25, -0.2) is 0 Å². The van der Waals surface area contributed by atoms with Gasteiger partial charge in [0.15, 0.2) is 0 Å². The highest BCUT2D eigenvalue weighted by Crippen LogP contribution is 2.27. The zero-order valence-corrected chi connectivity index (χ0v) is 14.1. The van der Waals surface area contributed by atoms with Crippen LogP contribution in [0.2, 0.25) is 0 Å². The minimum Gasteiger partial charge on any atom is -0.323 e. The lowest BCUT2D eigenvalue weighted by Gasteiger charge is -2.32. The van der Waals surface area contributed by atoms with E-state index >= 15 is 0 Å². The molecule has 126 valence electrons. The first kappa shape index (κ1) is 16.2. The number of carbonyl (C=O) groups excluding carboxylic acids is 2. The first-order valence-corrected chi connectivity index (χ1v) is 8.04. The average Bonchev–Trinajstić information content (AvgIpc) is 2.94. The van der Waals surface area contributed by atoms with Gasteiger partial charge in [-0.2, -0.15) is 5.10 Å².